The van der Waals surface area contributed by atoms with Gasteiger partial charge < -0.3 is 10.8 Å². The standard InChI is InChI=1S/C11H25N3O/c1-5-6-14(8-11(3,4)15)9(2)7-10(12)13/h9,15H,5-8H2,1-4H3,(H3,12,13). The number of nitrogens with two attached hydrogens (primary N) is 1. The predicted octanol–water partition coefficient (Wildman–Crippen LogP) is 1.18. The van der Waals surface area contributed by atoms with Crippen LogP contribution in [-0.2, 0) is 0 Å². The van der Waals surface area contributed by atoms with Crippen LogP contribution < -0.4 is 5.73 Å². The summed E-state index contributed by atoms with van der Waals surface area (Å²) in [6, 6.07) is 0.217. The number of nitrogens with one attached hydrogen (secondary N) is 1. The zero-order valence-corrected chi connectivity index (χ0v) is 10.4. The second-order valence-corrected chi connectivity index (χ2v) is 4.86. The molecular weight excluding hydrogens is 190 g/mol. The summed E-state index contributed by atoms with van der Waals surface area (Å²) in [6.45, 7) is 9.31. The zero-order chi connectivity index (χ0) is 12.1. The molecule has 0 saturated heterocycles. The molecule has 0 fully saturated rings. The second-order valence-electron chi connectivity index (χ2n) is 4.86. The van der Waals surface area contributed by atoms with Gasteiger partial charge in [-0.15, -0.1) is 0 Å². The van der Waals surface area contributed by atoms with Crippen LogP contribution in [0.5, 0.6) is 0 Å². The molecule has 90 valence electrons. The summed E-state index contributed by atoms with van der Waals surface area (Å²) in [4.78, 5) is 2.18. The van der Waals surface area contributed by atoms with Gasteiger partial charge in [0.1, 0.15) is 0 Å². The molecule has 4 heteroatoms. The van der Waals surface area contributed by atoms with Crippen LogP contribution in [0.3, 0.4) is 0 Å². The van der Waals surface area contributed by atoms with E-state index < -0.39 is 5.60 Å². The summed E-state index contributed by atoms with van der Waals surface area (Å²) >= 11 is 0. The van der Waals surface area contributed by atoms with Crippen molar-refractivity contribution in [3.05, 3.63) is 0 Å². The van der Waals surface area contributed by atoms with Crippen molar-refractivity contribution < 1.29 is 5.11 Å². The number of rotatable bonds is 7. The Balaban J connectivity index is 4.30. The lowest BCUT2D eigenvalue weighted by Crippen LogP contribution is -2.45. The average molecular weight is 215 g/mol. The van der Waals surface area contributed by atoms with Crippen molar-refractivity contribution in [1.82, 2.24) is 4.90 Å². The van der Waals surface area contributed by atoms with Crippen molar-refractivity contribution in [1.29, 1.82) is 5.41 Å². The van der Waals surface area contributed by atoms with E-state index in [1.165, 1.54) is 0 Å². The third-order valence-corrected chi connectivity index (χ3v) is 2.24. The van der Waals surface area contributed by atoms with Crippen LogP contribution in [0.1, 0.15) is 40.5 Å². The third kappa shape index (κ3) is 7.33. The minimum Gasteiger partial charge on any atom is -0.389 e. The van der Waals surface area contributed by atoms with Gasteiger partial charge >= 0.3 is 0 Å². The Morgan fingerprint density at radius 2 is 2.07 bits per heavy atom. The van der Waals surface area contributed by atoms with Gasteiger partial charge in [-0.25, -0.2) is 0 Å². The Kier molecular flexibility index (Phi) is 5.83. The van der Waals surface area contributed by atoms with E-state index in [1.54, 1.807) is 13.8 Å². The quantitative estimate of drug-likeness (QED) is 0.441. The Bertz CT molecular complexity index is 198. The van der Waals surface area contributed by atoms with E-state index in [4.69, 9.17) is 11.1 Å². The average Bonchev–Trinajstić information content (AvgIpc) is 1.99. The molecular formula is C11H25N3O. The van der Waals surface area contributed by atoms with E-state index >= 15 is 0 Å². The van der Waals surface area contributed by atoms with Gasteiger partial charge in [0, 0.05) is 19.0 Å². The van der Waals surface area contributed by atoms with Crippen LogP contribution in [0.4, 0.5) is 0 Å². The van der Waals surface area contributed by atoms with Crippen LogP contribution in [0, 0.1) is 5.41 Å². The van der Waals surface area contributed by atoms with Gasteiger partial charge in [-0.1, -0.05) is 6.92 Å². The summed E-state index contributed by atoms with van der Waals surface area (Å²) in [5.74, 6) is 0.208. The Morgan fingerprint density at radius 1 is 1.53 bits per heavy atom. The lowest BCUT2D eigenvalue weighted by molar-refractivity contribution is 0.0241. The molecule has 0 aliphatic carbocycles. The number of amidine groups is 1. The molecule has 0 aliphatic rings. The maximum Gasteiger partial charge on any atom is 0.0920 e. The summed E-state index contributed by atoms with van der Waals surface area (Å²) < 4.78 is 0. The molecule has 0 aromatic heterocycles. The predicted molar refractivity (Wildman–Crippen MR) is 64.2 cm³/mol. The molecule has 1 atom stereocenters. The van der Waals surface area contributed by atoms with Gasteiger partial charge in [-0.3, -0.25) is 10.3 Å². The fourth-order valence-corrected chi connectivity index (χ4v) is 1.69. The highest BCUT2D eigenvalue weighted by Gasteiger charge is 2.21. The van der Waals surface area contributed by atoms with Gasteiger partial charge in [0.2, 0.25) is 0 Å². The molecule has 4 nitrogen and oxygen atoms in total. The monoisotopic (exact) mass is 215 g/mol. The summed E-state index contributed by atoms with van der Waals surface area (Å²) in [5, 5.41) is 17.0. The maximum atomic E-state index is 9.77. The highest BCUT2D eigenvalue weighted by atomic mass is 16.3. The molecule has 0 aromatic carbocycles. The molecule has 0 aliphatic heterocycles. The van der Waals surface area contributed by atoms with Crippen LogP contribution in [0.25, 0.3) is 0 Å². The lowest BCUT2D eigenvalue weighted by atomic mass is 10.1. The minimum absolute atomic E-state index is 0.208. The van der Waals surface area contributed by atoms with Crippen molar-refractivity contribution >= 4 is 5.84 Å². The lowest BCUT2D eigenvalue weighted by Gasteiger charge is -2.33. The molecule has 0 amide bonds. The first-order valence-corrected chi connectivity index (χ1v) is 5.55. The molecule has 0 heterocycles. The molecule has 0 aromatic rings. The van der Waals surface area contributed by atoms with Gasteiger partial charge in [-0.2, -0.15) is 0 Å². The van der Waals surface area contributed by atoms with E-state index in [0.717, 1.165) is 13.0 Å². The van der Waals surface area contributed by atoms with Gasteiger partial charge in [0.05, 0.1) is 11.4 Å². The van der Waals surface area contributed by atoms with E-state index in [9.17, 15) is 5.11 Å². The zero-order valence-electron chi connectivity index (χ0n) is 10.4. The summed E-state index contributed by atoms with van der Waals surface area (Å²) in [6.07, 6.45) is 1.61. The smallest absolute Gasteiger partial charge is 0.0920 e. The Hall–Kier alpha value is -0.610. The first-order chi connectivity index (χ1) is 6.76. The summed E-state index contributed by atoms with van der Waals surface area (Å²) in [5.41, 5.74) is 4.69. The number of hydrogen-bond donors (Lipinski definition) is 3. The fourth-order valence-electron chi connectivity index (χ4n) is 1.69. The van der Waals surface area contributed by atoms with Crippen LogP contribution in [-0.4, -0.2) is 40.6 Å². The molecule has 0 rings (SSSR count). The highest BCUT2D eigenvalue weighted by molar-refractivity contribution is 5.77. The van der Waals surface area contributed by atoms with Crippen molar-refractivity contribution in [3.63, 3.8) is 0 Å². The van der Waals surface area contributed by atoms with E-state index in [1.807, 2.05) is 6.92 Å². The van der Waals surface area contributed by atoms with Crippen molar-refractivity contribution in [2.75, 3.05) is 13.1 Å². The largest absolute Gasteiger partial charge is 0.389 e. The van der Waals surface area contributed by atoms with Crippen molar-refractivity contribution in [2.45, 2.75) is 52.2 Å². The van der Waals surface area contributed by atoms with Crippen LogP contribution in [0.2, 0.25) is 0 Å². The summed E-state index contributed by atoms with van der Waals surface area (Å²) in [7, 11) is 0. The number of aliphatic hydroxyl groups is 1. The SMILES string of the molecule is CCCN(CC(C)(C)O)C(C)CC(=N)N. The molecule has 0 saturated carbocycles. The Morgan fingerprint density at radius 3 is 2.40 bits per heavy atom. The van der Waals surface area contributed by atoms with E-state index in [-0.39, 0.29) is 11.9 Å². The first-order valence-electron chi connectivity index (χ1n) is 5.55. The molecule has 4 N–H and O–H groups in total. The van der Waals surface area contributed by atoms with Crippen LogP contribution in [0.15, 0.2) is 0 Å². The van der Waals surface area contributed by atoms with Gasteiger partial charge in [-0.05, 0) is 33.7 Å². The first kappa shape index (κ1) is 14.4. The normalized spacial score (nSPS) is 14.3. The molecule has 0 radical (unpaired) electrons. The second kappa shape index (κ2) is 6.08. The van der Waals surface area contributed by atoms with Crippen LogP contribution >= 0.6 is 0 Å². The number of hydrogen-bond acceptors (Lipinski definition) is 3. The topological polar surface area (TPSA) is 73.3 Å². The fraction of sp³-hybridized carbons (Fsp3) is 0.909. The molecule has 0 bridgehead atoms. The van der Waals surface area contributed by atoms with Gasteiger partial charge in [0.25, 0.3) is 0 Å². The van der Waals surface area contributed by atoms with E-state index in [0.29, 0.717) is 13.0 Å². The maximum absolute atomic E-state index is 9.77. The van der Waals surface area contributed by atoms with Crippen molar-refractivity contribution in [2.24, 2.45) is 5.73 Å². The molecule has 0 spiro atoms. The molecule has 1 unspecified atom stereocenters. The number of nitrogens with zero attached hydrogens (tertiary/aromatic N) is 1. The third-order valence-electron chi connectivity index (χ3n) is 2.24. The minimum atomic E-state index is -0.694. The highest BCUT2D eigenvalue weighted by Crippen LogP contribution is 2.11. The molecule has 15 heavy (non-hydrogen) atoms. The van der Waals surface area contributed by atoms with Gasteiger partial charge in [0.15, 0.2) is 0 Å². The van der Waals surface area contributed by atoms with Crippen molar-refractivity contribution in [3.8, 4) is 0 Å². The Labute approximate surface area is 93.0 Å². The van der Waals surface area contributed by atoms with E-state index in [2.05, 4.69) is 11.8 Å².